The lowest BCUT2D eigenvalue weighted by Gasteiger charge is -2.37. The third-order valence-corrected chi connectivity index (χ3v) is 4.12. The average molecular weight is 253 g/mol. The molecule has 1 aromatic rings. The van der Waals surface area contributed by atoms with Gasteiger partial charge < -0.3 is 5.11 Å². The second kappa shape index (κ2) is 4.99. The molecule has 1 aliphatic rings. The predicted molar refractivity (Wildman–Crippen MR) is 72.2 cm³/mol. The molecule has 0 unspecified atom stereocenters. The van der Waals surface area contributed by atoms with Gasteiger partial charge in [0, 0.05) is 5.02 Å². The minimum atomic E-state index is -0.367. The highest BCUT2D eigenvalue weighted by Gasteiger charge is 2.32. The number of halogens is 1. The van der Waals surface area contributed by atoms with Gasteiger partial charge in [0.1, 0.15) is 0 Å². The number of benzene rings is 1. The predicted octanol–water partition coefficient (Wildman–Crippen LogP) is 4.59. The molecule has 2 atom stereocenters. The summed E-state index contributed by atoms with van der Waals surface area (Å²) in [5.74, 6) is 0.372. The van der Waals surface area contributed by atoms with Gasteiger partial charge in [-0.05, 0) is 48.3 Å². The van der Waals surface area contributed by atoms with Crippen LogP contribution in [0.15, 0.2) is 24.3 Å². The Morgan fingerprint density at radius 1 is 1.41 bits per heavy atom. The van der Waals surface area contributed by atoms with Crippen LogP contribution >= 0.6 is 11.6 Å². The molecular weight excluding hydrogens is 232 g/mol. The molecule has 0 radical (unpaired) electrons. The zero-order valence-electron chi connectivity index (χ0n) is 10.6. The van der Waals surface area contributed by atoms with E-state index in [2.05, 4.69) is 13.8 Å². The fourth-order valence-electron chi connectivity index (χ4n) is 2.99. The first-order chi connectivity index (χ1) is 7.98. The largest absolute Gasteiger partial charge is 0.388 e. The molecule has 1 aliphatic carbocycles. The monoisotopic (exact) mass is 252 g/mol. The smallest absolute Gasteiger partial charge is 0.0818 e. The Hall–Kier alpha value is -0.530. The highest BCUT2D eigenvalue weighted by Crippen LogP contribution is 2.43. The standard InChI is InChI=1S/C15H21ClO/c1-15(2)8-4-6-12(10-15)14(17)11-5-3-7-13(16)9-11/h3,5,7,9,12,14,17H,4,6,8,10H2,1-2H3/t12-,14+/m0/s1. The van der Waals surface area contributed by atoms with E-state index in [4.69, 9.17) is 11.6 Å². The van der Waals surface area contributed by atoms with Crippen molar-refractivity contribution in [3.05, 3.63) is 34.9 Å². The van der Waals surface area contributed by atoms with Crippen LogP contribution in [0.3, 0.4) is 0 Å². The molecule has 0 bridgehead atoms. The molecule has 2 rings (SSSR count). The summed E-state index contributed by atoms with van der Waals surface area (Å²) >= 11 is 5.97. The van der Waals surface area contributed by atoms with Crippen molar-refractivity contribution in [2.45, 2.75) is 45.6 Å². The van der Waals surface area contributed by atoms with E-state index in [1.807, 2.05) is 24.3 Å². The van der Waals surface area contributed by atoms with Crippen molar-refractivity contribution in [1.82, 2.24) is 0 Å². The topological polar surface area (TPSA) is 20.2 Å². The maximum absolute atomic E-state index is 10.4. The van der Waals surface area contributed by atoms with E-state index in [-0.39, 0.29) is 6.10 Å². The molecule has 2 heteroatoms. The van der Waals surface area contributed by atoms with Crippen LogP contribution in [-0.4, -0.2) is 5.11 Å². The van der Waals surface area contributed by atoms with Gasteiger partial charge in [-0.25, -0.2) is 0 Å². The number of rotatable bonds is 2. The van der Waals surface area contributed by atoms with Crippen LogP contribution in [0.5, 0.6) is 0 Å². The summed E-state index contributed by atoms with van der Waals surface area (Å²) in [5, 5.41) is 11.1. The summed E-state index contributed by atoms with van der Waals surface area (Å²) in [6, 6.07) is 7.61. The number of aliphatic hydroxyl groups excluding tert-OH is 1. The summed E-state index contributed by atoms with van der Waals surface area (Å²) in [6.07, 6.45) is 4.34. The fourth-order valence-corrected chi connectivity index (χ4v) is 3.19. The summed E-state index contributed by atoms with van der Waals surface area (Å²) < 4.78 is 0. The van der Waals surface area contributed by atoms with Gasteiger partial charge in [0.25, 0.3) is 0 Å². The summed E-state index contributed by atoms with van der Waals surface area (Å²) in [7, 11) is 0. The van der Waals surface area contributed by atoms with Gasteiger partial charge in [0.2, 0.25) is 0 Å². The number of hydrogen-bond acceptors (Lipinski definition) is 1. The molecule has 0 amide bonds. The molecule has 0 aliphatic heterocycles. The highest BCUT2D eigenvalue weighted by atomic mass is 35.5. The van der Waals surface area contributed by atoms with Crippen LogP contribution in [0.1, 0.15) is 51.2 Å². The molecule has 1 fully saturated rings. The van der Waals surface area contributed by atoms with Gasteiger partial charge in [-0.3, -0.25) is 0 Å². The summed E-state index contributed by atoms with van der Waals surface area (Å²) in [5.41, 5.74) is 1.32. The third-order valence-electron chi connectivity index (χ3n) is 3.88. The quantitative estimate of drug-likeness (QED) is 0.816. The van der Waals surface area contributed by atoms with Gasteiger partial charge in [-0.15, -0.1) is 0 Å². The second-order valence-electron chi connectivity index (χ2n) is 6.02. The maximum atomic E-state index is 10.4. The molecular formula is C15H21ClO. The molecule has 0 heterocycles. The van der Waals surface area contributed by atoms with E-state index in [1.165, 1.54) is 12.8 Å². The maximum Gasteiger partial charge on any atom is 0.0818 e. The second-order valence-corrected chi connectivity index (χ2v) is 6.46. The lowest BCUT2D eigenvalue weighted by Crippen LogP contribution is -2.26. The number of aliphatic hydroxyl groups is 1. The lowest BCUT2D eigenvalue weighted by atomic mass is 9.70. The molecule has 17 heavy (non-hydrogen) atoms. The molecule has 1 nitrogen and oxygen atoms in total. The summed E-state index contributed by atoms with van der Waals surface area (Å²) in [6.45, 7) is 4.59. The van der Waals surface area contributed by atoms with E-state index in [0.29, 0.717) is 16.4 Å². The van der Waals surface area contributed by atoms with Gasteiger partial charge in [-0.1, -0.05) is 44.0 Å². The highest BCUT2D eigenvalue weighted by molar-refractivity contribution is 6.30. The Balaban J connectivity index is 2.12. The van der Waals surface area contributed by atoms with Crippen LogP contribution in [0, 0.1) is 11.3 Å². The van der Waals surface area contributed by atoms with Gasteiger partial charge in [-0.2, -0.15) is 0 Å². The third kappa shape index (κ3) is 3.23. The SMILES string of the molecule is CC1(C)CCC[C@H]([C@H](O)c2cccc(Cl)c2)C1. The molecule has 0 saturated heterocycles. The van der Waals surface area contributed by atoms with E-state index in [0.717, 1.165) is 18.4 Å². The first-order valence-corrected chi connectivity index (χ1v) is 6.79. The van der Waals surface area contributed by atoms with Crippen LogP contribution < -0.4 is 0 Å². The first-order valence-electron chi connectivity index (χ1n) is 6.41. The van der Waals surface area contributed by atoms with Gasteiger partial charge in [0.15, 0.2) is 0 Å². The van der Waals surface area contributed by atoms with Crippen molar-refractivity contribution in [1.29, 1.82) is 0 Å². The Morgan fingerprint density at radius 3 is 2.82 bits per heavy atom. The van der Waals surface area contributed by atoms with Crippen molar-refractivity contribution >= 4 is 11.6 Å². The van der Waals surface area contributed by atoms with Crippen LogP contribution in [-0.2, 0) is 0 Å². The normalized spacial score (nSPS) is 25.5. The fraction of sp³-hybridized carbons (Fsp3) is 0.600. The average Bonchev–Trinajstić information content (AvgIpc) is 2.26. The zero-order valence-corrected chi connectivity index (χ0v) is 11.4. The molecule has 1 N–H and O–H groups in total. The minimum Gasteiger partial charge on any atom is -0.388 e. The first kappa shape index (κ1) is 12.9. The van der Waals surface area contributed by atoms with Crippen molar-refractivity contribution in [2.75, 3.05) is 0 Å². The lowest BCUT2D eigenvalue weighted by molar-refractivity contribution is 0.0460. The molecule has 0 spiro atoms. The van der Waals surface area contributed by atoms with Crippen LogP contribution in [0.25, 0.3) is 0 Å². The Bertz CT molecular complexity index is 386. The Kier molecular flexibility index (Phi) is 3.79. The van der Waals surface area contributed by atoms with Crippen LogP contribution in [0.2, 0.25) is 5.02 Å². The van der Waals surface area contributed by atoms with Crippen LogP contribution in [0.4, 0.5) is 0 Å². The molecule has 1 aromatic carbocycles. The van der Waals surface area contributed by atoms with Crippen molar-refractivity contribution in [2.24, 2.45) is 11.3 Å². The van der Waals surface area contributed by atoms with E-state index in [1.54, 1.807) is 0 Å². The minimum absolute atomic E-state index is 0.364. The number of hydrogen-bond donors (Lipinski definition) is 1. The van der Waals surface area contributed by atoms with Crippen molar-refractivity contribution in [3.63, 3.8) is 0 Å². The van der Waals surface area contributed by atoms with Crippen molar-refractivity contribution in [3.8, 4) is 0 Å². The molecule has 1 saturated carbocycles. The zero-order chi connectivity index (χ0) is 12.5. The Morgan fingerprint density at radius 2 is 2.18 bits per heavy atom. The van der Waals surface area contributed by atoms with Gasteiger partial charge >= 0.3 is 0 Å². The summed E-state index contributed by atoms with van der Waals surface area (Å²) in [4.78, 5) is 0. The molecule has 94 valence electrons. The Labute approximate surface area is 109 Å². The van der Waals surface area contributed by atoms with E-state index < -0.39 is 0 Å². The van der Waals surface area contributed by atoms with E-state index >= 15 is 0 Å². The molecule has 0 aromatic heterocycles. The van der Waals surface area contributed by atoms with E-state index in [9.17, 15) is 5.11 Å². The van der Waals surface area contributed by atoms with Crippen molar-refractivity contribution < 1.29 is 5.11 Å². The van der Waals surface area contributed by atoms with Gasteiger partial charge in [0.05, 0.1) is 6.10 Å².